The molecule has 0 saturated heterocycles. The van der Waals surface area contributed by atoms with Gasteiger partial charge in [0.05, 0.1) is 12.8 Å². The van der Waals surface area contributed by atoms with Gasteiger partial charge in [-0.2, -0.15) is 4.89 Å². The molecule has 3 nitrogen and oxygen atoms in total. The Morgan fingerprint density at radius 3 is 1.53 bits per heavy atom. The van der Waals surface area contributed by atoms with Crippen LogP contribution in [0.5, 0.6) is 0 Å². The molecule has 0 heterocycles. The predicted octanol–water partition coefficient (Wildman–Crippen LogP) is 2.90. The van der Waals surface area contributed by atoms with Gasteiger partial charge in [-0.3, -0.25) is 0 Å². The molecule has 0 fully saturated rings. The van der Waals surface area contributed by atoms with Crippen molar-refractivity contribution in [3.8, 4) is 0 Å². The highest BCUT2D eigenvalue weighted by Gasteiger charge is 2.47. The Labute approximate surface area is 113 Å². The molecule has 0 aromatic heterocycles. The Morgan fingerprint density at radius 1 is 0.842 bits per heavy atom. The lowest BCUT2D eigenvalue weighted by atomic mass is 10.0. The van der Waals surface area contributed by atoms with Crippen LogP contribution in [0.1, 0.15) is 11.1 Å². The van der Waals surface area contributed by atoms with E-state index in [1.165, 1.54) is 0 Å². The number of rotatable bonds is 5. The standard InChI is InChI=1S/C15H15O3P/c16-15(19(17)18,11-13-7-3-1-4-8-13)12-14-9-5-2-6-10-14/h1-10,16H,11-12H2/p+1. The molecule has 0 amide bonds. The molecule has 0 saturated carbocycles. The molecule has 0 bridgehead atoms. The molecule has 0 aliphatic rings. The van der Waals surface area contributed by atoms with Crippen LogP contribution in [0.4, 0.5) is 0 Å². The molecule has 2 aromatic rings. The maximum Gasteiger partial charge on any atom is 0.541 e. The smallest absolute Gasteiger partial charge is 0.346 e. The lowest BCUT2D eigenvalue weighted by molar-refractivity contribution is 0.116. The molecule has 0 spiro atoms. The molecule has 0 radical (unpaired) electrons. The summed E-state index contributed by atoms with van der Waals surface area (Å²) in [5.74, 6) is 0. The minimum absolute atomic E-state index is 0.161. The van der Waals surface area contributed by atoms with Gasteiger partial charge in [0.1, 0.15) is 0 Å². The van der Waals surface area contributed by atoms with Gasteiger partial charge >= 0.3 is 13.4 Å². The van der Waals surface area contributed by atoms with E-state index in [1.807, 2.05) is 60.7 Å². The minimum Gasteiger partial charge on any atom is -0.346 e. The second kappa shape index (κ2) is 6.07. The van der Waals surface area contributed by atoms with Gasteiger partial charge in [0.25, 0.3) is 0 Å². The molecule has 19 heavy (non-hydrogen) atoms. The molecule has 1 atom stereocenters. The molecule has 2 rings (SSSR count). The van der Waals surface area contributed by atoms with E-state index < -0.39 is 13.4 Å². The van der Waals surface area contributed by atoms with Crippen molar-refractivity contribution in [2.45, 2.75) is 18.2 Å². The average molecular weight is 275 g/mol. The summed E-state index contributed by atoms with van der Waals surface area (Å²) in [7, 11) is -2.69. The lowest BCUT2D eigenvalue weighted by Crippen LogP contribution is -2.30. The first-order valence-electron chi connectivity index (χ1n) is 6.07. The second-order valence-corrected chi connectivity index (χ2v) is 5.96. The average Bonchev–Trinajstić information content (AvgIpc) is 2.40. The van der Waals surface area contributed by atoms with E-state index in [-0.39, 0.29) is 12.8 Å². The van der Waals surface area contributed by atoms with Crippen molar-refractivity contribution in [2.24, 2.45) is 0 Å². The molecule has 1 unspecified atom stereocenters. The zero-order chi connectivity index (χ0) is 13.7. The van der Waals surface area contributed by atoms with Gasteiger partial charge < -0.3 is 5.11 Å². The molecule has 0 aliphatic heterocycles. The fraction of sp³-hybridized carbons (Fsp3) is 0.200. The van der Waals surface area contributed by atoms with Crippen molar-refractivity contribution < 1.29 is 14.6 Å². The monoisotopic (exact) mass is 275 g/mol. The summed E-state index contributed by atoms with van der Waals surface area (Å²) in [4.78, 5) is 9.45. The highest BCUT2D eigenvalue weighted by molar-refractivity contribution is 7.39. The Bertz CT molecular complexity index is 498. The molecule has 2 N–H and O–H groups in total. The second-order valence-electron chi connectivity index (χ2n) is 4.58. The molecular weight excluding hydrogens is 259 g/mol. The Hall–Kier alpha value is -1.54. The normalized spacial score (nSPS) is 12.2. The summed E-state index contributed by atoms with van der Waals surface area (Å²) < 4.78 is 11.5. The molecular formula is C15H16O3P+. The van der Waals surface area contributed by atoms with Gasteiger partial charge in [-0.1, -0.05) is 60.7 Å². The van der Waals surface area contributed by atoms with E-state index >= 15 is 0 Å². The Morgan fingerprint density at radius 2 is 1.21 bits per heavy atom. The number of hydrogen-bond acceptors (Lipinski definition) is 2. The molecule has 0 aliphatic carbocycles. The third-order valence-electron chi connectivity index (χ3n) is 3.02. The third-order valence-corrected chi connectivity index (χ3v) is 4.04. The van der Waals surface area contributed by atoms with E-state index in [9.17, 15) is 14.6 Å². The first-order chi connectivity index (χ1) is 9.10. The van der Waals surface area contributed by atoms with Crippen LogP contribution >= 0.6 is 8.03 Å². The van der Waals surface area contributed by atoms with Crippen molar-refractivity contribution >= 4 is 8.03 Å². The maximum atomic E-state index is 11.5. The predicted molar refractivity (Wildman–Crippen MR) is 75.1 cm³/mol. The fourth-order valence-electron chi connectivity index (χ4n) is 2.04. The summed E-state index contributed by atoms with van der Waals surface area (Å²) in [5, 5.41) is 8.83. The highest BCUT2D eigenvalue weighted by atomic mass is 31.1. The van der Waals surface area contributed by atoms with E-state index in [2.05, 4.69) is 0 Å². The topological polar surface area (TPSA) is 57.5 Å². The summed E-state index contributed by atoms with van der Waals surface area (Å²) in [6.07, 6.45) is 0.322. The molecule has 98 valence electrons. The van der Waals surface area contributed by atoms with E-state index in [4.69, 9.17) is 0 Å². The summed E-state index contributed by atoms with van der Waals surface area (Å²) >= 11 is 0. The number of aliphatic hydroxyl groups is 1. The lowest BCUT2D eigenvalue weighted by Gasteiger charge is -2.15. The summed E-state index contributed by atoms with van der Waals surface area (Å²) in [6.45, 7) is 0. The van der Waals surface area contributed by atoms with Gasteiger partial charge in [0.2, 0.25) is 0 Å². The first kappa shape index (κ1) is 13.9. The Balaban J connectivity index is 2.21. The van der Waals surface area contributed by atoms with E-state index in [0.717, 1.165) is 11.1 Å². The van der Waals surface area contributed by atoms with Crippen LogP contribution in [0.3, 0.4) is 0 Å². The zero-order valence-corrected chi connectivity index (χ0v) is 11.3. The maximum absolute atomic E-state index is 11.5. The van der Waals surface area contributed by atoms with Crippen molar-refractivity contribution in [3.05, 3.63) is 71.8 Å². The highest BCUT2D eigenvalue weighted by Crippen LogP contribution is 2.38. The van der Waals surface area contributed by atoms with Crippen molar-refractivity contribution in [3.63, 3.8) is 0 Å². The van der Waals surface area contributed by atoms with Crippen LogP contribution in [0, 0.1) is 0 Å². The Kier molecular flexibility index (Phi) is 4.43. The van der Waals surface area contributed by atoms with Crippen LogP contribution in [0.2, 0.25) is 0 Å². The largest absolute Gasteiger partial charge is 0.541 e. The fourth-order valence-corrected chi connectivity index (χ4v) is 2.68. The molecule has 2 aromatic carbocycles. The van der Waals surface area contributed by atoms with Crippen LogP contribution in [0.15, 0.2) is 60.7 Å². The van der Waals surface area contributed by atoms with Gasteiger partial charge in [0, 0.05) is 0 Å². The molecule has 4 heteroatoms. The van der Waals surface area contributed by atoms with Crippen LogP contribution in [-0.4, -0.2) is 15.3 Å². The van der Waals surface area contributed by atoms with Gasteiger partial charge in [-0.15, -0.1) is 0 Å². The van der Waals surface area contributed by atoms with Crippen LogP contribution < -0.4 is 0 Å². The minimum atomic E-state index is -2.69. The number of hydrogen-bond donors (Lipinski definition) is 2. The number of benzene rings is 2. The van der Waals surface area contributed by atoms with Gasteiger partial charge in [-0.25, -0.2) is 0 Å². The van der Waals surface area contributed by atoms with Crippen molar-refractivity contribution in [1.82, 2.24) is 0 Å². The van der Waals surface area contributed by atoms with E-state index in [0.29, 0.717) is 0 Å². The van der Waals surface area contributed by atoms with Crippen molar-refractivity contribution in [1.29, 1.82) is 0 Å². The van der Waals surface area contributed by atoms with Crippen molar-refractivity contribution in [2.75, 3.05) is 0 Å². The summed E-state index contributed by atoms with van der Waals surface area (Å²) in [6, 6.07) is 18.5. The SMILES string of the molecule is O=[P+](O)C(O)(Cc1ccccc1)Cc1ccccc1. The van der Waals surface area contributed by atoms with Crippen LogP contribution in [0.25, 0.3) is 0 Å². The van der Waals surface area contributed by atoms with E-state index in [1.54, 1.807) is 0 Å². The van der Waals surface area contributed by atoms with Crippen LogP contribution in [-0.2, 0) is 17.4 Å². The van der Waals surface area contributed by atoms with Gasteiger partial charge in [0.15, 0.2) is 0 Å². The zero-order valence-electron chi connectivity index (χ0n) is 10.4. The summed E-state index contributed by atoms with van der Waals surface area (Å²) in [5.41, 5.74) is 1.69. The quantitative estimate of drug-likeness (QED) is 0.825. The third kappa shape index (κ3) is 3.71. The van der Waals surface area contributed by atoms with Gasteiger partial charge in [-0.05, 0) is 15.7 Å². The first-order valence-corrected chi connectivity index (χ1v) is 7.28.